The van der Waals surface area contributed by atoms with Crippen LogP contribution in [0, 0.1) is 0 Å². The predicted octanol–water partition coefficient (Wildman–Crippen LogP) is 0.245. The molecule has 0 aliphatic carbocycles. The molecule has 1 heterocycles. The van der Waals surface area contributed by atoms with Gasteiger partial charge in [-0.25, -0.2) is 9.90 Å². The summed E-state index contributed by atoms with van der Waals surface area (Å²) in [6, 6.07) is 1.22. The lowest BCUT2D eigenvalue weighted by Gasteiger charge is -1.70. The molecule has 0 saturated carbocycles. The first kappa shape index (κ1) is 4.83. The van der Waals surface area contributed by atoms with Crippen LogP contribution in [0.15, 0.2) is 16.9 Å². The number of rotatable bonds is 1. The second-order valence-electron chi connectivity index (χ2n) is 1.17. The maximum absolute atomic E-state index is 9.83. The van der Waals surface area contributed by atoms with Gasteiger partial charge in [0.15, 0.2) is 5.69 Å². The Labute approximate surface area is 44.7 Å². The monoisotopic (exact) mass is 112 g/mol. The van der Waals surface area contributed by atoms with E-state index in [1.54, 1.807) is 0 Å². The van der Waals surface area contributed by atoms with Crippen LogP contribution in [0.4, 0.5) is 0 Å². The lowest BCUT2D eigenvalue weighted by molar-refractivity contribution is 0.0561. The van der Waals surface area contributed by atoms with Crippen LogP contribution in [0.3, 0.4) is 0 Å². The molecular formula is C4H2NO3. The summed E-state index contributed by atoms with van der Waals surface area (Å²) in [6.07, 6.45) is 1.17. The Hall–Kier alpha value is -1.32. The zero-order chi connectivity index (χ0) is 5.98. The van der Waals surface area contributed by atoms with E-state index >= 15 is 0 Å². The molecule has 0 amide bonds. The van der Waals surface area contributed by atoms with Gasteiger partial charge in [0.2, 0.25) is 0 Å². The zero-order valence-corrected chi connectivity index (χ0v) is 3.83. The van der Waals surface area contributed by atoms with Crippen molar-refractivity contribution in [2.75, 3.05) is 0 Å². The standard InChI is InChI=1S/C4H2NO3/c6-4(7)3-1-2-8-5-3/h1-2H. The third kappa shape index (κ3) is 0.676. The van der Waals surface area contributed by atoms with Crippen LogP contribution in [0.5, 0.6) is 0 Å². The van der Waals surface area contributed by atoms with Crippen molar-refractivity contribution in [3.05, 3.63) is 18.0 Å². The summed E-state index contributed by atoms with van der Waals surface area (Å²) >= 11 is 0. The van der Waals surface area contributed by atoms with E-state index in [4.69, 9.17) is 0 Å². The zero-order valence-electron chi connectivity index (χ0n) is 3.83. The van der Waals surface area contributed by atoms with Gasteiger partial charge in [-0.1, -0.05) is 5.16 Å². The van der Waals surface area contributed by atoms with Crippen LogP contribution in [0.1, 0.15) is 10.5 Å². The van der Waals surface area contributed by atoms with Gasteiger partial charge in [-0.15, -0.1) is 0 Å². The summed E-state index contributed by atoms with van der Waals surface area (Å²) in [6.45, 7) is 0. The highest BCUT2D eigenvalue weighted by Crippen LogP contribution is 1.91. The number of hydrogen-bond acceptors (Lipinski definition) is 3. The van der Waals surface area contributed by atoms with Crippen molar-refractivity contribution >= 4 is 5.97 Å². The third-order valence-electron chi connectivity index (χ3n) is 0.647. The molecule has 1 rings (SSSR count). The van der Waals surface area contributed by atoms with Crippen LogP contribution >= 0.6 is 0 Å². The molecule has 0 aliphatic heterocycles. The van der Waals surface area contributed by atoms with Crippen LogP contribution in [0.2, 0.25) is 0 Å². The Balaban J connectivity index is 2.93. The van der Waals surface area contributed by atoms with Gasteiger partial charge in [0.1, 0.15) is 6.26 Å². The van der Waals surface area contributed by atoms with Crippen molar-refractivity contribution in [3.8, 4) is 0 Å². The van der Waals surface area contributed by atoms with E-state index in [1.807, 2.05) is 0 Å². The van der Waals surface area contributed by atoms with Gasteiger partial charge in [0, 0.05) is 6.07 Å². The second kappa shape index (κ2) is 1.65. The molecule has 0 saturated heterocycles. The predicted molar refractivity (Wildman–Crippen MR) is 21.5 cm³/mol. The summed E-state index contributed by atoms with van der Waals surface area (Å²) in [5.74, 6) is -1.32. The van der Waals surface area contributed by atoms with Gasteiger partial charge in [0.25, 0.3) is 0 Å². The smallest absolute Gasteiger partial charge is 0.364 e. The van der Waals surface area contributed by atoms with Gasteiger partial charge in [-0.3, -0.25) is 0 Å². The molecular weight excluding hydrogens is 110 g/mol. The van der Waals surface area contributed by atoms with E-state index in [0.717, 1.165) is 0 Å². The van der Waals surface area contributed by atoms with E-state index < -0.39 is 5.97 Å². The summed E-state index contributed by atoms with van der Waals surface area (Å²) in [5, 5.41) is 12.9. The third-order valence-corrected chi connectivity index (χ3v) is 0.647. The van der Waals surface area contributed by atoms with Crippen LogP contribution in [0.25, 0.3) is 0 Å². The van der Waals surface area contributed by atoms with Crippen LogP contribution in [-0.4, -0.2) is 11.1 Å². The Morgan fingerprint density at radius 3 is 2.75 bits per heavy atom. The van der Waals surface area contributed by atoms with E-state index in [-0.39, 0.29) is 5.69 Å². The van der Waals surface area contributed by atoms with Crippen molar-refractivity contribution < 1.29 is 14.4 Å². The molecule has 1 radical (unpaired) electrons. The average Bonchev–Trinajstić information content (AvgIpc) is 2.12. The lowest BCUT2D eigenvalue weighted by atomic mass is 10.5. The molecule has 1 aromatic rings. The minimum absolute atomic E-state index is 0.176. The largest absolute Gasteiger partial charge is 0.408 e. The Kier molecular flexibility index (Phi) is 0.997. The number of carbonyl (C=O) groups is 1. The fourth-order valence-corrected chi connectivity index (χ4v) is 0.318. The molecule has 0 aromatic carbocycles. The summed E-state index contributed by atoms with van der Waals surface area (Å²) < 4.78 is 4.20. The first-order chi connectivity index (χ1) is 3.80. The van der Waals surface area contributed by atoms with Gasteiger partial charge < -0.3 is 4.52 Å². The molecule has 0 spiro atoms. The summed E-state index contributed by atoms with van der Waals surface area (Å²) in [4.78, 5) is 9.83. The number of carbonyl (C=O) groups excluding carboxylic acids is 1. The maximum Gasteiger partial charge on any atom is 0.408 e. The number of nitrogens with zero attached hydrogens (tertiary/aromatic N) is 1. The van der Waals surface area contributed by atoms with Gasteiger partial charge in [-0.2, -0.15) is 0 Å². The first-order valence-electron chi connectivity index (χ1n) is 1.92. The quantitative estimate of drug-likeness (QED) is 0.522. The average molecular weight is 112 g/mol. The maximum atomic E-state index is 9.83. The molecule has 8 heavy (non-hydrogen) atoms. The lowest BCUT2D eigenvalue weighted by Crippen LogP contribution is -1.92. The first-order valence-corrected chi connectivity index (χ1v) is 1.92. The van der Waals surface area contributed by atoms with E-state index in [2.05, 4.69) is 9.68 Å². The van der Waals surface area contributed by atoms with E-state index in [1.165, 1.54) is 12.3 Å². The molecule has 0 fully saturated rings. The molecule has 0 aliphatic rings. The van der Waals surface area contributed by atoms with Crippen molar-refractivity contribution in [1.82, 2.24) is 5.16 Å². The minimum Gasteiger partial charge on any atom is -0.364 e. The molecule has 0 atom stereocenters. The Morgan fingerprint density at radius 2 is 2.50 bits per heavy atom. The Morgan fingerprint density at radius 1 is 1.75 bits per heavy atom. The molecule has 0 N–H and O–H groups in total. The van der Waals surface area contributed by atoms with Gasteiger partial charge in [0.05, 0.1) is 0 Å². The van der Waals surface area contributed by atoms with E-state index in [9.17, 15) is 9.90 Å². The molecule has 1 aromatic heterocycles. The minimum atomic E-state index is -1.32. The molecule has 41 valence electrons. The molecule has 0 unspecified atom stereocenters. The van der Waals surface area contributed by atoms with Crippen molar-refractivity contribution in [1.29, 1.82) is 0 Å². The highest BCUT2D eigenvalue weighted by molar-refractivity contribution is 5.84. The SMILES string of the molecule is [O]C(=O)c1ccon1. The highest BCUT2D eigenvalue weighted by Gasteiger charge is 2.05. The van der Waals surface area contributed by atoms with Crippen LogP contribution in [-0.2, 0) is 5.11 Å². The summed E-state index contributed by atoms with van der Waals surface area (Å²) in [5.41, 5.74) is -0.176. The fraction of sp³-hybridized carbons (Fsp3) is 0. The number of aromatic nitrogens is 1. The second-order valence-corrected chi connectivity index (χ2v) is 1.17. The normalized spacial score (nSPS) is 9.00. The summed E-state index contributed by atoms with van der Waals surface area (Å²) in [7, 11) is 0. The van der Waals surface area contributed by atoms with Crippen molar-refractivity contribution in [2.24, 2.45) is 0 Å². The highest BCUT2D eigenvalue weighted by atomic mass is 16.5. The Bertz CT molecular complexity index is 179. The van der Waals surface area contributed by atoms with Gasteiger partial charge >= 0.3 is 5.97 Å². The fourth-order valence-electron chi connectivity index (χ4n) is 0.318. The molecule has 4 heteroatoms. The molecule has 4 nitrogen and oxygen atoms in total. The van der Waals surface area contributed by atoms with Gasteiger partial charge in [-0.05, 0) is 0 Å². The van der Waals surface area contributed by atoms with Crippen LogP contribution < -0.4 is 0 Å². The van der Waals surface area contributed by atoms with Crippen molar-refractivity contribution in [3.63, 3.8) is 0 Å². The number of hydrogen-bond donors (Lipinski definition) is 0. The molecule has 0 bridgehead atoms. The van der Waals surface area contributed by atoms with Crippen molar-refractivity contribution in [2.45, 2.75) is 0 Å². The topological polar surface area (TPSA) is 63.0 Å². The van der Waals surface area contributed by atoms with E-state index in [0.29, 0.717) is 0 Å².